The minimum absolute atomic E-state index is 0.00875. The molecule has 1 N–H and O–H groups in total. The molecule has 0 aromatic carbocycles. The Bertz CT molecular complexity index is 279. The van der Waals surface area contributed by atoms with E-state index in [0.717, 1.165) is 45.1 Å². The quantitative estimate of drug-likeness (QED) is 0.789. The van der Waals surface area contributed by atoms with Gasteiger partial charge in [0.2, 0.25) is 11.8 Å². The highest BCUT2D eigenvalue weighted by Crippen LogP contribution is 2.10. The molecule has 1 saturated heterocycles. The fourth-order valence-corrected chi connectivity index (χ4v) is 2.38. The Balaban J connectivity index is 2.39. The molecular weight excluding hydrogens is 228 g/mol. The molecule has 1 aliphatic heterocycles. The molecular formula is C14H26N2O2. The summed E-state index contributed by atoms with van der Waals surface area (Å²) in [6.45, 7) is 5.17. The van der Waals surface area contributed by atoms with Crippen molar-refractivity contribution in [1.82, 2.24) is 10.2 Å². The first kappa shape index (κ1) is 15.0. The molecule has 1 rings (SSSR count). The molecule has 1 aliphatic rings. The van der Waals surface area contributed by atoms with Crippen molar-refractivity contribution in [3.8, 4) is 0 Å². The summed E-state index contributed by atoms with van der Waals surface area (Å²) in [4.78, 5) is 25.4. The fourth-order valence-electron chi connectivity index (χ4n) is 2.38. The molecule has 0 aromatic rings. The number of nitrogens with zero attached hydrogens (tertiary/aromatic N) is 1. The van der Waals surface area contributed by atoms with Crippen LogP contribution >= 0.6 is 0 Å². The van der Waals surface area contributed by atoms with Gasteiger partial charge in [0.25, 0.3) is 0 Å². The van der Waals surface area contributed by atoms with Crippen LogP contribution in [0.5, 0.6) is 0 Å². The van der Waals surface area contributed by atoms with Crippen molar-refractivity contribution in [2.24, 2.45) is 0 Å². The maximum atomic E-state index is 11.9. The minimum atomic E-state index is -0.00875. The molecule has 0 saturated carbocycles. The number of rotatable bonds is 6. The summed E-state index contributed by atoms with van der Waals surface area (Å²) >= 11 is 0. The Morgan fingerprint density at radius 2 is 2.11 bits per heavy atom. The largest absolute Gasteiger partial charge is 0.352 e. The normalized spacial score (nSPS) is 18.3. The topological polar surface area (TPSA) is 49.4 Å². The summed E-state index contributed by atoms with van der Waals surface area (Å²) < 4.78 is 0. The molecule has 0 spiro atoms. The Kier molecular flexibility index (Phi) is 6.76. The van der Waals surface area contributed by atoms with E-state index in [2.05, 4.69) is 19.2 Å². The van der Waals surface area contributed by atoms with Gasteiger partial charge in [0.15, 0.2) is 0 Å². The van der Waals surface area contributed by atoms with Crippen LogP contribution in [0.1, 0.15) is 58.8 Å². The van der Waals surface area contributed by atoms with Crippen LogP contribution < -0.4 is 5.32 Å². The second kappa shape index (κ2) is 8.11. The van der Waals surface area contributed by atoms with E-state index >= 15 is 0 Å². The third kappa shape index (κ3) is 5.07. The summed E-state index contributed by atoms with van der Waals surface area (Å²) in [5.41, 5.74) is 0. The van der Waals surface area contributed by atoms with E-state index in [1.807, 2.05) is 0 Å². The van der Waals surface area contributed by atoms with E-state index in [0.29, 0.717) is 6.42 Å². The molecule has 104 valence electrons. The van der Waals surface area contributed by atoms with Gasteiger partial charge in [-0.25, -0.2) is 0 Å². The van der Waals surface area contributed by atoms with Gasteiger partial charge in [0.1, 0.15) is 0 Å². The summed E-state index contributed by atoms with van der Waals surface area (Å²) in [5, 5.41) is 3.02. The predicted octanol–water partition coefficient (Wildman–Crippen LogP) is 2.08. The van der Waals surface area contributed by atoms with Gasteiger partial charge in [0.05, 0.1) is 6.54 Å². The van der Waals surface area contributed by atoms with Crippen molar-refractivity contribution < 1.29 is 9.59 Å². The molecule has 1 atom stereocenters. The first-order chi connectivity index (χ1) is 8.67. The lowest BCUT2D eigenvalue weighted by Crippen LogP contribution is -2.43. The van der Waals surface area contributed by atoms with Gasteiger partial charge in [0, 0.05) is 19.0 Å². The zero-order valence-corrected chi connectivity index (χ0v) is 11.7. The van der Waals surface area contributed by atoms with Crippen molar-refractivity contribution in [3.05, 3.63) is 0 Å². The highest BCUT2D eigenvalue weighted by Gasteiger charge is 2.20. The van der Waals surface area contributed by atoms with Crippen molar-refractivity contribution in [2.75, 3.05) is 13.1 Å². The Hall–Kier alpha value is -1.06. The number of hydrogen-bond donors (Lipinski definition) is 1. The van der Waals surface area contributed by atoms with Crippen LogP contribution in [-0.2, 0) is 9.59 Å². The standard InChI is InChI=1S/C14H26N2O2/c1-3-8-12(4-2)15-13(17)11-16-10-7-5-6-9-14(16)18/h12H,3-11H2,1-2H3,(H,15,17). The number of nitrogens with one attached hydrogen (secondary N) is 1. The molecule has 4 heteroatoms. The average Bonchev–Trinajstić information content (AvgIpc) is 2.54. The minimum Gasteiger partial charge on any atom is -0.352 e. The summed E-state index contributed by atoms with van der Waals surface area (Å²) in [6, 6.07) is 0.254. The number of hydrogen-bond acceptors (Lipinski definition) is 2. The Morgan fingerprint density at radius 3 is 2.78 bits per heavy atom. The molecule has 1 unspecified atom stereocenters. The zero-order valence-electron chi connectivity index (χ0n) is 11.7. The number of carbonyl (C=O) groups is 2. The molecule has 0 aliphatic carbocycles. The second-order valence-corrected chi connectivity index (χ2v) is 5.09. The van der Waals surface area contributed by atoms with Crippen molar-refractivity contribution in [3.63, 3.8) is 0 Å². The lowest BCUT2D eigenvalue weighted by molar-refractivity contribution is -0.135. The molecule has 4 nitrogen and oxygen atoms in total. The van der Waals surface area contributed by atoms with E-state index in [1.165, 1.54) is 0 Å². The van der Waals surface area contributed by atoms with Crippen LogP contribution in [0.3, 0.4) is 0 Å². The maximum absolute atomic E-state index is 11.9. The average molecular weight is 254 g/mol. The number of likely N-dealkylation sites (tertiary alicyclic amines) is 1. The van der Waals surface area contributed by atoms with Crippen LogP contribution in [0.15, 0.2) is 0 Å². The SMILES string of the molecule is CCCC(CC)NC(=O)CN1CCCCCC1=O. The fraction of sp³-hybridized carbons (Fsp3) is 0.857. The van der Waals surface area contributed by atoms with E-state index in [9.17, 15) is 9.59 Å². The van der Waals surface area contributed by atoms with Gasteiger partial charge in [-0.1, -0.05) is 26.7 Å². The third-order valence-electron chi connectivity index (χ3n) is 3.50. The zero-order chi connectivity index (χ0) is 13.4. The van der Waals surface area contributed by atoms with Crippen LogP contribution in [0.4, 0.5) is 0 Å². The van der Waals surface area contributed by atoms with Crippen molar-refractivity contribution in [1.29, 1.82) is 0 Å². The van der Waals surface area contributed by atoms with Crippen LogP contribution in [0, 0.1) is 0 Å². The Labute approximate surface area is 110 Å². The van der Waals surface area contributed by atoms with E-state index < -0.39 is 0 Å². The summed E-state index contributed by atoms with van der Waals surface area (Å²) in [7, 11) is 0. The predicted molar refractivity (Wildman–Crippen MR) is 72.2 cm³/mol. The molecule has 2 amide bonds. The number of carbonyl (C=O) groups excluding carboxylic acids is 2. The van der Waals surface area contributed by atoms with Gasteiger partial charge in [-0.05, 0) is 25.7 Å². The smallest absolute Gasteiger partial charge is 0.239 e. The molecule has 0 bridgehead atoms. The number of amides is 2. The van der Waals surface area contributed by atoms with Gasteiger partial charge >= 0.3 is 0 Å². The van der Waals surface area contributed by atoms with Crippen LogP contribution in [0.25, 0.3) is 0 Å². The van der Waals surface area contributed by atoms with Gasteiger partial charge in [-0.15, -0.1) is 0 Å². The molecule has 1 fully saturated rings. The first-order valence-electron chi connectivity index (χ1n) is 7.24. The van der Waals surface area contributed by atoms with E-state index in [4.69, 9.17) is 0 Å². The summed E-state index contributed by atoms with van der Waals surface area (Å²) in [6.07, 6.45) is 6.71. The van der Waals surface area contributed by atoms with Crippen LogP contribution in [0.2, 0.25) is 0 Å². The van der Waals surface area contributed by atoms with Gasteiger partial charge in [-0.2, -0.15) is 0 Å². The van der Waals surface area contributed by atoms with Crippen molar-refractivity contribution >= 4 is 11.8 Å². The second-order valence-electron chi connectivity index (χ2n) is 5.09. The van der Waals surface area contributed by atoms with Crippen molar-refractivity contribution in [2.45, 2.75) is 64.8 Å². The summed E-state index contributed by atoms with van der Waals surface area (Å²) in [5.74, 6) is 0.122. The maximum Gasteiger partial charge on any atom is 0.239 e. The molecule has 0 aromatic heterocycles. The van der Waals surface area contributed by atoms with E-state index in [1.54, 1.807) is 4.90 Å². The first-order valence-corrected chi connectivity index (χ1v) is 7.24. The van der Waals surface area contributed by atoms with Crippen LogP contribution in [-0.4, -0.2) is 35.8 Å². The van der Waals surface area contributed by atoms with E-state index in [-0.39, 0.29) is 24.4 Å². The molecule has 18 heavy (non-hydrogen) atoms. The van der Waals surface area contributed by atoms with Gasteiger partial charge < -0.3 is 10.2 Å². The lowest BCUT2D eigenvalue weighted by atomic mass is 10.1. The highest BCUT2D eigenvalue weighted by molar-refractivity contribution is 5.85. The highest BCUT2D eigenvalue weighted by atomic mass is 16.2. The lowest BCUT2D eigenvalue weighted by Gasteiger charge is -2.22. The molecule has 0 radical (unpaired) electrons. The molecule has 1 heterocycles. The Morgan fingerprint density at radius 1 is 1.33 bits per heavy atom. The third-order valence-corrected chi connectivity index (χ3v) is 3.50. The van der Waals surface area contributed by atoms with Gasteiger partial charge in [-0.3, -0.25) is 9.59 Å². The monoisotopic (exact) mass is 254 g/mol.